The van der Waals surface area contributed by atoms with Crippen LogP contribution in [0.4, 0.5) is 0 Å². The average Bonchev–Trinajstić information content (AvgIpc) is 2.78. The molecule has 1 saturated carbocycles. The molecule has 2 fully saturated rings. The summed E-state index contributed by atoms with van der Waals surface area (Å²) in [5.41, 5.74) is 1.52. The maximum Gasteiger partial charge on any atom is 0.191 e. The van der Waals surface area contributed by atoms with E-state index in [0.717, 1.165) is 57.1 Å². The van der Waals surface area contributed by atoms with Gasteiger partial charge in [-0.2, -0.15) is 0 Å². The predicted molar refractivity (Wildman–Crippen MR) is 122 cm³/mol. The van der Waals surface area contributed by atoms with Crippen molar-refractivity contribution in [2.75, 3.05) is 46.4 Å². The van der Waals surface area contributed by atoms with Crippen molar-refractivity contribution in [2.45, 2.75) is 57.4 Å². The summed E-state index contributed by atoms with van der Waals surface area (Å²) in [4.78, 5) is 7.46. The third kappa shape index (κ3) is 7.31. The third-order valence-electron chi connectivity index (χ3n) is 6.51. The smallest absolute Gasteiger partial charge is 0.191 e. The van der Waals surface area contributed by atoms with Gasteiger partial charge in [0.1, 0.15) is 0 Å². The second-order valence-corrected chi connectivity index (χ2v) is 8.60. The van der Waals surface area contributed by atoms with Crippen LogP contribution in [0, 0.1) is 5.92 Å². The Morgan fingerprint density at radius 2 is 1.79 bits per heavy atom. The number of aliphatic imine (C=N–C) groups is 1. The quantitative estimate of drug-likeness (QED) is 0.517. The molecule has 0 bridgehead atoms. The van der Waals surface area contributed by atoms with E-state index in [0.29, 0.717) is 6.04 Å². The van der Waals surface area contributed by atoms with Crippen molar-refractivity contribution in [3.63, 3.8) is 0 Å². The van der Waals surface area contributed by atoms with E-state index in [4.69, 9.17) is 9.73 Å². The Kier molecular flexibility index (Phi) is 9.29. The van der Waals surface area contributed by atoms with Crippen molar-refractivity contribution in [3.8, 4) is 0 Å². The average molecular weight is 401 g/mol. The number of guanidine groups is 1. The highest BCUT2D eigenvalue weighted by atomic mass is 16.5. The van der Waals surface area contributed by atoms with Gasteiger partial charge in [-0.15, -0.1) is 0 Å². The van der Waals surface area contributed by atoms with Crippen molar-refractivity contribution in [3.05, 3.63) is 35.9 Å². The Labute approximate surface area is 177 Å². The van der Waals surface area contributed by atoms with Crippen LogP contribution in [0.5, 0.6) is 0 Å². The number of hydrogen-bond donors (Lipinski definition) is 2. The number of rotatable bonds is 8. The molecule has 0 unspecified atom stereocenters. The van der Waals surface area contributed by atoms with Gasteiger partial charge in [-0.1, -0.05) is 30.3 Å². The minimum Gasteiger partial charge on any atom is -0.383 e. The van der Waals surface area contributed by atoms with Gasteiger partial charge in [-0.3, -0.25) is 4.99 Å². The second kappa shape index (κ2) is 12.2. The number of methoxy groups -OCH3 is 1. The van der Waals surface area contributed by atoms with Gasteiger partial charge < -0.3 is 20.3 Å². The first-order valence-electron chi connectivity index (χ1n) is 11.6. The Morgan fingerprint density at radius 3 is 2.45 bits per heavy atom. The van der Waals surface area contributed by atoms with E-state index in [1.165, 1.54) is 44.1 Å². The van der Waals surface area contributed by atoms with Crippen LogP contribution in [0.25, 0.3) is 0 Å². The van der Waals surface area contributed by atoms with Gasteiger partial charge in [0.25, 0.3) is 0 Å². The molecule has 2 aliphatic rings. The Balaban J connectivity index is 1.41. The summed E-state index contributed by atoms with van der Waals surface area (Å²) < 4.78 is 5.20. The summed E-state index contributed by atoms with van der Waals surface area (Å²) in [7, 11) is 1.78. The van der Waals surface area contributed by atoms with Crippen LogP contribution < -0.4 is 10.6 Å². The minimum absolute atomic E-state index is 0.528. The first kappa shape index (κ1) is 22.1. The molecule has 0 aromatic heterocycles. The first-order valence-corrected chi connectivity index (χ1v) is 11.6. The van der Waals surface area contributed by atoms with Gasteiger partial charge in [0.15, 0.2) is 5.96 Å². The molecular weight excluding hydrogens is 360 g/mol. The molecule has 5 nitrogen and oxygen atoms in total. The fourth-order valence-electron chi connectivity index (χ4n) is 4.66. The third-order valence-corrected chi connectivity index (χ3v) is 6.51. The highest BCUT2D eigenvalue weighted by Crippen LogP contribution is 2.35. The summed E-state index contributed by atoms with van der Waals surface area (Å²) in [5, 5.41) is 7.14. The zero-order chi connectivity index (χ0) is 20.3. The molecule has 1 aliphatic carbocycles. The lowest BCUT2D eigenvalue weighted by atomic mass is 9.79. The van der Waals surface area contributed by atoms with Crippen LogP contribution in [0.15, 0.2) is 35.3 Å². The maximum absolute atomic E-state index is 5.20. The first-order chi connectivity index (χ1) is 14.3. The Morgan fingerprint density at radius 1 is 1.07 bits per heavy atom. The summed E-state index contributed by atoms with van der Waals surface area (Å²) in [6.07, 6.45) is 7.54. The van der Waals surface area contributed by atoms with Gasteiger partial charge in [0.05, 0.1) is 6.61 Å². The number of hydrogen-bond acceptors (Lipinski definition) is 3. The summed E-state index contributed by atoms with van der Waals surface area (Å²) in [6, 6.07) is 11.6. The Hall–Kier alpha value is -1.59. The SMILES string of the molecule is CCNC(=NCC1CCC(c2ccccc2)CC1)NC1CCN(CCOC)CC1. The highest BCUT2D eigenvalue weighted by molar-refractivity contribution is 5.80. The molecule has 1 saturated heterocycles. The van der Waals surface area contributed by atoms with Crippen molar-refractivity contribution >= 4 is 5.96 Å². The second-order valence-electron chi connectivity index (χ2n) is 8.60. The lowest BCUT2D eigenvalue weighted by Crippen LogP contribution is -2.49. The topological polar surface area (TPSA) is 48.9 Å². The molecule has 1 aromatic carbocycles. The van der Waals surface area contributed by atoms with Crippen LogP contribution in [0.1, 0.15) is 56.9 Å². The molecular formula is C24H40N4O. The molecule has 5 heteroatoms. The van der Waals surface area contributed by atoms with Gasteiger partial charge >= 0.3 is 0 Å². The molecule has 29 heavy (non-hydrogen) atoms. The zero-order valence-electron chi connectivity index (χ0n) is 18.4. The molecule has 0 radical (unpaired) electrons. The number of nitrogens with zero attached hydrogens (tertiary/aromatic N) is 2. The molecule has 2 N–H and O–H groups in total. The van der Waals surface area contributed by atoms with E-state index in [2.05, 4.69) is 52.8 Å². The lowest BCUT2D eigenvalue weighted by molar-refractivity contribution is 0.128. The van der Waals surface area contributed by atoms with Crippen molar-refractivity contribution in [1.82, 2.24) is 15.5 Å². The van der Waals surface area contributed by atoms with Gasteiger partial charge in [0.2, 0.25) is 0 Å². The van der Waals surface area contributed by atoms with Crippen LogP contribution >= 0.6 is 0 Å². The molecule has 0 spiro atoms. The molecule has 0 atom stereocenters. The van der Waals surface area contributed by atoms with E-state index in [1.54, 1.807) is 7.11 Å². The van der Waals surface area contributed by atoms with E-state index in [9.17, 15) is 0 Å². The molecule has 162 valence electrons. The predicted octanol–water partition coefficient (Wildman–Crippen LogP) is 3.63. The van der Waals surface area contributed by atoms with E-state index >= 15 is 0 Å². The van der Waals surface area contributed by atoms with Crippen LogP contribution in [0.2, 0.25) is 0 Å². The fraction of sp³-hybridized carbons (Fsp3) is 0.708. The van der Waals surface area contributed by atoms with Crippen molar-refractivity contribution in [2.24, 2.45) is 10.9 Å². The number of piperidine rings is 1. The van der Waals surface area contributed by atoms with E-state index < -0.39 is 0 Å². The molecule has 1 aliphatic heterocycles. The molecule has 1 heterocycles. The van der Waals surface area contributed by atoms with Crippen LogP contribution in [0.3, 0.4) is 0 Å². The van der Waals surface area contributed by atoms with Gasteiger partial charge in [-0.25, -0.2) is 0 Å². The lowest BCUT2D eigenvalue weighted by Gasteiger charge is -2.33. The van der Waals surface area contributed by atoms with E-state index in [-0.39, 0.29) is 0 Å². The summed E-state index contributed by atoms with van der Waals surface area (Å²) in [5.74, 6) is 2.47. The van der Waals surface area contributed by atoms with Crippen LogP contribution in [-0.4, -0.2) is 63.3 Å². The fourth-order valence-corrected chi connectivity index (χ4v) is 4.66. The summed E-state index contributed by atoms with van der Waals surface area (Å²) in [6.45, 7) is 8.17. The normalized spacial score (nSPS) is 24.4. The number of nitrogens with one attached hydrogen (secondary N) is 2. The molecule has 1 aromatic rings. The molecule has 3 rings (SSSR count). The standard InChI is InChI=1S/C24H40N4O/c1-3-25-24(27-23-13-15-28(16-14-23)17-18-29-2)26-19-20-9-11-22(12-10-20)21-7-5-4-6-8-21/h4-8,20,22-23H,3,9-19H2,1-2H3,(H2,25,26,27). The molecule has 0 amide bonds. The Bertz CT molecular complexity index is 590. The van der Waals surface area contributed by atoms with Crippen LogP contribution in [-0.2, 0) is 4.74 Å². The highest BCUT2D eigenvalue weighted by Gasteiger charge is 2.23. The number of ether oxygens (including phenoxy) is 1. The van der Waals surface area contributed by atoms with Crippen molar-refractivity contribution in [1.29, 1.82) is 0 Å². The van der Waals surface area contributed by atoms with E-state index in [1.807, 2.05) is 0 Å². The summed E-state index contributed by atoms with van der Waals surface area (Å²) >= 11 is 0. The zero-order valence-corrected chi connectivity index (χ0v) is 18.4. The minimum atomic E-state index is 0.528. The van der Waals surface area contributed by atoms with Crippen molar-refractivity contribution < 1.29 is 4.74 Å². The number of benzene rings is 1. The monoisotopic (exact) mass is 400 g/mol. The number of likely N-dealkylation sites (tertiary alicyclic amines) is 1. The maximum atomic E-state index is 5.20. The van der Waals surface area contributed by atoms with Gasteiger partial charge in [-0.05, 0) is 62.8 Å². The largest absolute Gasteiger partial charge is 0.383 e. The van der Waals surface area contributed by atoms with Gasteiger partial charge in [0, 0.05) is 45.9 Å².